The number of anilines is 1. The van der Waals surface area contributed by atoms with Gasteiger partial charge in [-0.3, -0.25) is 19.3 Å². The molecule has 0 unspecified atom stereocenters. The Bertz CT molecular complexity index is 791. The predicted molar refractivity (Wildman–Crippen MR) is 95.5 cm³/mol. The van der Waals surface area contributed by atoms with Crippen LogP contribution in [0.1, 0.15) is 0 Å². The summed E-state index contributed by atoms with van der Waals surface area (Å²) in [6.07, 6.45) is 0. The number of benzene rings is 2. The molecule has 3 N–H and O–H groups in total. The monoisotopic (exact) mass is 360 g/mol. The fraction of sp³-hybridized carbons (Fsp3) is 0.278. The highest BCUT2D eigenvalue weighted by atomic mass is 16.4. The van der Waals surface area contributed by atoms with Gasteiger partial charge < -0.3 is 20.2 Å². The summed E-state index contributed by atoms with van der Waals surface area (Å²) in [5, 5.41) is 28.9. The zero-order valence-corrected chi connectivity index (χ0v) is 14.0. The topological polar surface area (TPSA) is 118 Å². The van der Waals surface area contributed by atoms with Crippen LogP contribution < -0.4 is 4.90 Å². The van der Waals surface area contributed by atoms with Gasteiger partial charge in [0.25, 0.3) is 0 Å². The molecule has 0 aliphatic carbocycles. The van der Waals surface area contributed by atoms with Gasteiger partial charge in [0.05, 0.1) is 13.1 Å². The molecular weight excluding hydrogens is 340 g/mol. The summed E-state index contributed by atoms with van der Waals surface area (Å²) in [4.78, 5) is 35.8. The number of rotatable bonds is 10. The van der Waals surface area contributed by atoms with Crippen LogP contribution in [0.3, 0.4) is 0 Å². The molecule has 0 saturated heterocycles. The molecule has 0 atom stereocenters. The predicted octanol–water partition coefficient (Wildman–Crippen LogP) is 1.20. The summed E-state index contributed by atoms with van der Waals surface area (Å²) in [7, 11) is 0. The molecule has 0 bridgehead atoms. The van der Waals surface area contributed by atoms with Crippen LogP contribution in [0.25, 0.3) is 10.8 Å². The quantitative estimate of drug-likeness (QED) is 0.578. The van der Waals surface area contributed by atoms with Crippen LogP contribution in [0.15, 0.2) is 42.5 Å². The first-order valence-corrected chi connectivity index (χ1v) is 7.96. The third-order valence-corrected chi connectivity index (χ3v) is 3.83. The summed E-state index contributed by atoms with van der Waals surface area (Å²) in [5.74, 6) is -3.30. The lowest BCUT2D eigenvalue weighted by Gasteiger charge is -2.27. The smallest absolute Gasteiger partial charge is 0.323 e. The van der Waals surface area contributed by atoms with E-state index in [1.165, 1.54) is 4.90 Å². The van der Waals surface area contributed by atoms with Crippen LogP contribution >= 0.6 is 0 Å². The van der Waals surface area contributed by atoms with E-state index in [-0.39, 0.29) is 19.6 Å². The van der Waals surface area contributed by atoms with E-state index < -0.39 is 31.0 Å². The molecule has 2 aromatic carbocycles. The number of carboxylic acids is 3. The van der Waals surface area contributed by atoms with Crippen LogP contribution in [0, 0.1) is 0 Å². The minimum Gasteiger partial charge on any atom is -0.480 e. The highest BCUT2D eigenvalue weighted by molar-refractivity contribution is 5.86. The van der Waals surface area contributed by atoms with Gasteiger partial charge in [0.2, 0.25) is 0 Å². The standard InChI is InChI=1S/C18H20N2O6/c21-16(22)10-19(11-17(23)24)7-8-20(12-18(25)26)15-6-5-13-3-1-2-4-14(13)9-15/h1-6,9H,7-8,10-12H2,(H,21,22)(H,23,24)(H,25,26). The average molecular weight is 360 g/mol. The van der Waals surface area contributed by atoms with Gasteiger partial charge in [0, 0.05) is 18.8 Å². The number of aliphatic carboxylic acids is 3. The molecule has 0 spiro atoms. The SMILES string of the molecule is O=C(O)CN(CCN(CC(=O)O)c1ccc2ccccc2c1)CC(=O)O. The van der Waals surface area contributed by atoms with Gasteiger partial charge in [0.1, 0.15) is 6.54 Å². The molecular formula is C18H20N2O6. The second kappa shape index (κ2) is 8.82. The van der Waals surface area contributed by atoms with Gasteiger partial charge in [-0.1, -0.05) is 30.3 Å². The summed E-state index contributed by atoms with van der Waals surface area (Å²) >= 11 is 0. The molecule has 0 fully saturated rings. The van der Waals surface area contributed by atoms with Crippen molar-refractivity contribution in [1.29, 1.82) is 0 Å². The van der Waals surface area contributed by atoms with Gasteiger partial charge in [-0.25, -0.2) is 0 Å². The maximum atomic E-state index is 11.2. The van der Waals surface area contributed by atoms with E-state index in [1.54, 1.807) is 11.0 Å². The molecule has 0 aliphatic rings. The summed E-state index contributed by atoms with van der Waals surface area (Å²) in [6, 6.07) is 13.2. The lowest BCUT2D eigenvalue weighted by Crippen LogP contribution is -2.41. The Morgan fingerprint density at radius 2 is 1.31 bits per heavy atom. The lowest BCUT2D eigenvalue weighted by molar-refractivity contribution is -0.142. The Labute approximate surface area is 149 Å². The second-order valence-corrected chi connectivity index (χ2v) is 5.84. The van der Waals surface area contributed by atoms with Crippen molar-refractivity contribution < 1.29 is 29.7 Å². The van der Waals surface area contributed by atoms with Gasteiger partial charge in [0.15, 0.2) is 0 Å². The first-order valence-electron chi connectivity index (χ1n) is 7.96. The zero-order chi connectivity index (χ0) is 19.1. The molecule has 26 heavy (non-hydrogen) atoms. The van der Waals surface area contributed by atoms with Crippen molar-refractivity contribution in [3.63, 3.8) is 0 Å². The van der Waals surface area contributed by atoms with E-state index in [0.717, 1.165) is 10.8 Å². The number of nitrogens with zero attached hydrogens (tertiary/aromatic N) is 2. The van der Waals surface area contributed by atoms with Gasteiger partial charge in [-0.05, 0) is 22.9 Å². The van der Waals surface area contributed by atoms with Crippen LogP contribution in [0.4, 0.5) is 5.69 Å². The first kappa shape index (κ1) is 19.2. The largest absolute Gasteiger partial charge is 0.480 e. The molecule has 2 aromatic rings. The molecule has 2 rings (SSSR count). The fourth-order valence-corrected chi connectivity index (χ4v) is 2.69. The minimum absolute atomic E-state index is 0.110. The first-order chi connectivity index (χ1) is 12.3. The average Bonchev–Trinajstić information content (AvgIpc) is 2.56. The Morgan fingerprint density at radius 3 is 1.88 bits per heavy atom. The minimum atomic E-state index is -1.14. The van der Waals surface area contributed by atoms with Crippen molar-refractivity contribution in [3.8, 4) is 0 Å². The fourth-order valence-electron chi connectivity index (χ4n) is 2.69. The Hall–Kier alpha value is -3.13. The zero-order valence-electron chi connectivity index (χ0n) is 14.0. The molecule has 0 radical (unpaired) electrons. The Morgan fingerprint density at radius 1 is 0.731 bits per heavy atom. The number of hydrogen-bond acceptors (Lipinski definition) is 5. The highest BCUT2D eigenvalue weighted by Crippen LogP contribution is 2.22. The van der Waals surface area contributed by atoms with Crippen molar-refractivity contribution in [1.82, 2.24) is 4.90 Å². The Kier molecular flexibility index (Phi) is 6.51. The van der Waals surface area contributed by atoms with Crippen LogP contribution in [0.2, 0.25) is 0 Å². The number of carboxylic acid groups (broad SMARTS) is 3. The van der Waals surface area contributed by atoms with E-state index in [0.29, 0.717) is 5.69 Å². The maximum Gasteiger partial charge on any atom is 0.323 e. The van der Waals surface area contributed by atoms with E-state index in [4.69, 9.17) is 10.2 Å². The van der Waals surface area contributed by atoms with E-state index in [9.17, 15) is 19.5 Å². The third-order valence-electron chi connectivity index (χ3n) is 3.83. The van der Waals surface area contributed by atoms with E-state index in [1.807, 2.05) is 36.4 Å². The van der Waals surface area contributed by atoms with E-state index >= 15 is 0 Å². The van der Waals surface area contributed by atoms with E-state index in [2.05, 4.69) is 0 Å². The maximum absolute atomic E-state index is 11.2. The molecule has 0 amide bonds. The molecule has 138 valence electrons. The summed E-state index contributed by atoms with van der Waals surface area (Å²) in [5.41, 5.74) is 0.678. The molecule has 0 aliphatic heterocycles. The molecule has 0 saturated carbocycles. The number of carbonyl (C=O) groups is 3. The van der Waals surface area contributed by atoms with Gasteiger partial charge in [-0.2, -0.15) is 0 Å². The molecule has 8 heteroatoms. The van der Waals surface area contributed by atoms with Crippen molar-refractivity contribution in [2.75, 3.05) is 37.6 Å². The van der Waals surface area contributed by atoms with Gasteiger partial charge in [-0.15, -0.1) is 0 Å². The molecule has 0 heterocycles. The van der Waals surface area contributed by atoms with Crippen LogP contribution in [0.5, 0.6) is 0 Å². The van der Waals surface area contributed by atoms with Crippen molar-refractivity contribution in [2.24, 2.45) is 0 Å². The van der Waals surface area contributed by atoms with Crippen LogP contribution in [-0.2, 0) is 14.4 Å². The lowest BCUT2D eigenvalue weighted by atomic mass is 10.1. The number of hydrogen-bond donors (Lipinski definition) is 3. The highest BCUT2D eigenvalue weighted by Gasteiger charge is 2.17. The van der Waals surface area contributed by atoms with Crippen molar-refractivity contribution >= 4 is 34.4 Å². The van der Waals surface area contributed by atoms with Crippen molar-refractivity contribution in [3.05, 3.63) is 42.5 Å². The third kappa shape index (κ3) is 5.75. The summed E-state index contributed by atoms with van der Waals surface area (Å²) in [6.45, 7) is -0.827. The summed E-state index contributed by atoms with van der Waals surface area (Å²) < 4.78 is 0. The Balaban J connectivity index is 2.18. The second-order valence-electron chi connectivity index (χ2n) is 5.84. The number of fused-ring (bicyclic) bond motifs is 1. The normalized spacial score (nSPS) is 10.8. The molecule has 0 aromatic heterocycles. The molecule has 8 nitrogen and oxygen atoms in total. The van der Waals surface area contributed by atoms with Crippen LogP contribution in [-0.4, -0.2) is 70.9 Å². The van der Waals surface area contributed by atoms with Crippen molar-refractivity contribution in [2.45, 2.75) is 0 Å². The van der Waals surface area contributed by atoms with Gasteiger partial charge >= 0.3 is 17.9 Å².